The van der Waals surface area contributed by atoms with Crippen LogP contribution < -0.4 is 9.64 Å². The molecule has 1 amide bonds. The standard InChI is InChI=1S/C23H20FN5O4/c24-20-14-17(3-6-21(20)33-19-2-1-9-25-16-19)4-8-23(30)28-12-10-27(11-13-28)22-7-5-18(15-26-22)29(31)32/h1-9,14-16H,10-13H2/b8-4+. The lowest BCUT2D eigenvalue weighted by Gasteiger charge is -2.34. The summed E-state index contributed by atoms with van der Waals surface area (Å²) in [6, 6.07) is 10.8. The van der Waals surface area contributed by atoms with Crippen LogP contribution in [0.4, 0.5) is 15.9 Å². The molecule has 0 unspecified atom stereocenters. The SMILES string of the molecule is O=C(/C=C/c1ccc(Oc2cccnc2)c(F)c1)N1CCN(c2ccc([N+](=O)[O-])cn2)CC1. The molecule has 4 rings (SSSR count). The Hall–Kier alpha value is -4.34. The van der Waals surface area contributed by atoms with Crippen molar-refractivity contribution in [3.05, 3.63) is 88.6 Å². The second kappa shape index (κ2) is 9.86. The normalized spacial score (nSPS) is 13.8. The van der Waals surface area contributed by atoms with Crippen LogP contribution in [0.15, 0.2) is 67.1 Å². The zero-order valence-electron chi connectivity index (χ0n) is 17.5. The van der Waals surface area contributed by atoms with Crippen molar-refractivity contribution in [3.63, 3.8) is 0 Å². The zero-order valence-corrected chi connectivity index (χ0v) is 17.5. The van der Waals surface area contributed by atoms with Crippen LogP contribution in [0, 0.1) is 15.9 Å². The van der Waals surface area contributed by atoms with Crippen LogP contribution in [0.25, 0.3) is 6.08 Å². The van der Waals surface area contributed by atoms with E-state index >= 15 is 0 Å². The Balaban J connectivity index is 1.32. The summed E-state index contributed by atoms with van der Waals surface area (Å²) >= 11 is 0. The number of rotatable bonds is 6. The summed E-state index contributed by atoms with van der Waals surface area (Å²) < 4.78 is 19.8. The first-order chi connectivity index (χ1) is 16.0. The van der Waals surface area contributed by atoms with Crippen LogP contribution in [-0.4, -0.2) is 51.9 Å². The third kappa shape index (κ3) is 5.48. The van der Waals surface area contributed by atoms with Gasteiger partial charge < -0.3 is 14.5 Å². The molecule has 0 saturated carbocycles. The fourth-order valence-electron chi connectivity index (χ4n) is 3.34. The number of carbonyl (C=O) groups is 1. The monoisotopic (exact) mass is 449 g/mol. The van der Waals surface area contributed by atoms with Gasteiger partial charge in [0.05, 0.1) is 11.1 Å². The van der Waals surface area contributed by atoms with E-state index < -0.39 is 10.7 Å². The first kappa shape index (κ1) is 21.9. The Bertz CT molecular complexity index is 1160. The van der Waals surface area contributed by atoms with E-state index in [1.807, 2.05) is 4.90 Å². The minimum absolute atomic E-state index is 0.0641. The van der Waals surface area contributed by atoms with Crippen LogP contribution in [0.2, 0.25) is 0 Å². The molecule has 3 aromatic rings. The van der Waals surface area contributed by atoms with Crippen molar-refractivity contribution in [3.8, 4) is 11.5 Å². The number of hydrogen-bond acceptors (Lipinski definition) is 7. The number of piperazine rings is 1. The minimum atomic E-state index is -0.544. The van der Waals surface area contributed by atoms with Gasteiger partial charge >= 0.3 is 0 Å². The van der Waals surface area contributed by atoms with Crippen molar-refractivity contribution in [2.75, 3.05) is 31.1 Å². The predicted octanol–water partition coefficient (Wildman–Crippen LogP) is 3.68. The first-order valence-corrected chi connectivity index (χ1v) is 10.2. The van der Waals surface area contributed by atoms with Gasteiger partial charge in [0.25, 0.3) is 5.69 Å². The third-order valence-corrected chi connectivity index (χ3v) is 5.09. The first-order valence-electron chi connectivity index (χ1n) is 10.2. The minimum Gasteiger partial charge on any atom is -0.453 e. The van der Waals surface area contributed by atoms with Crippen LogP contribution in [0.3, 0.4) is 0 Å². The molecule has 0 bridgehead atoms. The summed E-state index contributed by atoms with van der Waals surface area (Å²) in [6.45, 7) is 2.07. The quantitative estimate of drug-likeness (QED) is 0.321. The van der Waals surface area contributed by atoms with Crippen molar-refractivity contribution in [2.45, 2.75) is 0 Å². The van der Waals surface area contributed by atoms with E-state index in [2.05, 4.69) is 9.97 Å². The Morgan fingerprint density at radius 3 is 2.58 bits per heavy atom. The molecule has 2 aromatic heterocycles. The molecule has 1 saturated heterocycles. The third-order valence-electron chi connectivity index (χ3n) is 5.09. The predicted molar refractivity (Wildman–Crippen MR) is 119 cm³/mol. The summed E-state index contributed by atoms with van der Waals surface area (Å²) in [5, 5.41) is 10.8. The molecule has 1 fully saturated rings. The molecule has 0 atom stereocenters. The van der Waals surface area contributed by atoms with Crippen molar-refractivity contribution >= 4 is 23.5 Å². The topological polar surface area (TPSA) is 102 Å². The van der Waals surface area contributed by atoms with Gasteiger partial charge in [-0.05, 0) is 42.0 Å². The molecule has 10 heteroatoms. The number of nitrogens with zero attached hydrogens (tertiary/aromatic N) is 5. The van der Waals surface area contributed by atoms with Gasteiger partial charge in [-0.15, -0.1) is 0 Å². The fraction of sp³-hybridized carbons (Fsp3) is 0.174. The largest absolute Gasteiger partial charge is 0.453 e. The highest BCUT2D eigenvalue weighted by molar-refractivity contribution is 5.92. The molecule has 0 N–H and O–H groups in total. The van der Waals surface area contributed by atoms with E-state index in [1.54, 1.807) is 41.4 Å². The lowest BCUT2D eigenvalue weighted by atomic mass is 10.2. The van der Waals surface area contributed by atoms with Gasteiger partial charge in [0.15, 0.2) is 11.6 Å². The van der Waals surface area contributed by atoms with E-state index in [9.17, 15) is 19.3 Å². The molecule has 1 aromatic carbocycles. The summed E-state index contributed by atoms with van der Waals surface area (Å²) in [6.07, 6.45) is 7.28. The second-order valence-electron chi connectivity index (χ2n) is 7.26. The van der Waals surface area contributed by atoms with Gasteiger partial charge in [0, 0.05) is 44.5 Å². The summed E-state index contributed by atoms with van der Waals surface area (Å²) in [7, 11) is 0. The molecule has 1 aliphatic heterocycles. The number of nitro groups is 1. The number of ether oxygens (including phenoxy) is 1. The number of amides is 1. The average Bonchev–Trinajstić information content (AvgIpc) is 2.85. The number of aromatic nitrogens is 2. The van der Waals surface area contributed by atoms with Crippen LogP contribution >= 0.6 is 0 Å². The van der Waals surface area contributed by atoms with Gasteiger partial charge in [-0.3, -0.25) is 19.9 Å². The van der Waals surface area contributed by atoms with Gasteiger partial charge in [-0.2, -0.15) is 0 Å². The van der Waals surface area contributed by atoms with Crippen LogP contribution in [0.1, 0.15) is 5.56 Å². The Labute approximate surface area is 188 Å². The Kier molecular flexibility index (Phi) is 6.53. The van der Waals surface area contributed by atoms with Crippen molar-refractivity contribution in [1.82, 2.24) is 14.9 Å². The number of pyridine rings is 2. The molecular weight excluding hydrogens is 429 g/mol. The van der Waals surface area contributed by atoms with Gasteiger partial charge in [0.2, 0.25) is 5.91 Å². The Morgan fingerprint density at radius 2 is 1.94 bits per heavy atom. The average molecular weight is 449 g/mol. The molecule has 33 heavy (non-hydrogen) atoms. The Morgan fingerprint density at radius 1 is 1.12 bits per heavy atom. The summed E-state index contributed by atoms with van der Waals surface area (Å²) in [4.78, 5) is 34.5. The highest BCUT2D eigenvalue weighted by Crippen LogP contribution is 2.25. The molecule has 0 spiro atoms. The van der Waals surface area contributed by atoms with Gasteiger partial charge in [-0.1, -0.05) is 6.07 Å². The number of benzene rings is 1. The maximum Gasteiger partial charge on any atom is 0.287 e. The summed E-state index contributed by atoms with van der Waals surface area (Å²) in [5.41, 5.74) is 0.471. The molecule has 1 aliphatic rings. The summed E-state index contributed by atoms with van der Waals surface area (Å²) in [5.74, 6) is 0.410. The smallest absolute Gasteiger partial charge is 0.287 e. The van der Waals surface area contributed by atoms with Crippen LogP contribution in [-0.2, 0) is 4.79 Å². The molecule has 3 heterocycles. The van der Waals surface area contributed by atoms with Gasteiger partial charge in [0.1, 0.15) is 17.8 Å². The van der Waals surface area contributed by atoms with Crippen LogP contribution in [0.5, 0.6) is 11.5 Å². The van der Waals surface area contributed by atoms with E-state index in [-0.39, 0.29) is 17.3 Å². The number of anilines is 1. The number of carbonyl (C=O) groups excluding carboxylic acids is 1. The van der Waals surface area contributed by atoms with Crippen molar-refractivity contribution in [1.29, 1.82) is 0 Å². The lowest BCUT2D eigenvalue weighted by molar-refractivity contribution is -0.385. The molecule has 168 valence electrons. The lowest BCUT2D eigenvalue weighted by Crippen LogP contribution is -2.48. The number of hydrogen-bond donors (Lipinski definition) is 0. The number of halogens is 1. The van der Waals surface area contributed by atoms with E-state index in [1.165, 1.54) is 36.7 Å². The molecule has 0 radical (unpaired) electrons. The van der Waals surface area contributed by atoms with E-state index in [0.717, 1.165) is 0 Å². The van der Waals surface area contributed by atoms with E-state index in [0.29, 0.717) is 43.3 Å². The molecule has 0 aliphatic carbocycles. The zero-order chi connectivity index (χ0) is 23.2. The molecular formula is C23H20FN5O4. The van der Waals surface area contributed by atoms with Crippen molar-refractivity contribution < 1.29 is 18.8 Å². The highest BCUT2D eigenvalue weighted by Gasteiger charge is 2.21. The van der Waals surface area contributed by atoms with Gasteiger partial charge in [-0.25, -0.2) is 9.37 Å². The second-order valence-corrected chi connectivity index (χ2v) is 7.26. The van der Waals surface area contributed by atoms with Crippen molar-refractivity contribution in [2.24, 2.45) is 0 Å². The fourth-order valence-corrected chi connectivity index (χ4v) is 3.34. The maximum absolute atomic E-state index is 14.4. The highest BCUT2D eigenvalue weighted by atomic mass is 19.1. The van der Waals surface area contributed by atoms with E-state index in [4.69, 9.17) is 4.74 Å². The molecule has 9 nitrogen and oxygen atoms in total. The maximum atomic E-state index is 14.4.